The minimum Gasteiger partial charge on any atom is -0.508 e. The molecule has 0 saturated carbocycles. The van der Waals surface area contributed by atoms with E-state index in [9.17, 15) is 0 Å². The van der Waals surface area contributed by atoms with Crippen molar-refractivity contribution in [2.45, 2.75) is 0 Å². The monoisotopic (exact) mass is 175 g/mol. The number of benzene rings is 1. The number of aromatic hydroxyl groups is 1. The molecular weight excluding hydrogens is 166 g/mol. The normalized spacial score (nSPS) is 9.85. The van der Waals surface area contributed by atoms with Crippen molar-refractivity contribution in [3.05, 3.63) is 42.7 Å². The first-order chi connectivity index (χ1) is 6.34. The zero-order chi connectivity index (χ0) is 9.10. The zero-order valence-corrected chi connectivity index (χ0v) is 6.88. The third kappa shape index (κ3) is 1.79. The summed E-state index contributed by atoms with van der Waals surface area (Å²) in [4.78, 5) is 1.59. The van der Waals surface area contributed by atoms with Crippen LogP contribution in [0.15, 0.2) is 42.7 Å². The van der Waals surface area contributed by atoms with Gasteiger partial charge in [0.05, 0.1) is 11.9 Å². The average Bonchev–Trinajstić information content (AvgIpc) is 2.62. The van der Waals surface area contributed by atoms with E-state index >= 15 is 0 Å². The number of rotatable bonds is 2. The Hall–Kier alpha value is -1.97. The van der Waals surface area contributed by atoms with Crippen molar-refractivity contribution in [2.75, 3.05) is 5.43 Å². The molecule has 0 amide bonds. The topological polar surface area (TPSA) is 50.1 Å². The molecule has 0 spiro atoms. The van der Waals surface area contributed by atoms with E-state index < -0.39 is 0 Å². The van der Waals surface area contributed by atoms with Gasteiger partial charge in [-0.3, -0.25) is 5.43 Å². The molecule has 1 aromatic carbocycles. The summed E-state index contributed by atoms with van der Waals surface area (Å²) in [6.45, 7) is 0. The van der Waals surface area contributed by atoms with E-state index in [4.69, 9.17) is 5.11 Å². The summed E-state index contributed by atoms with van der Waals surface area (Å²) < 4.78 is 0. The first kappa shape index (κ1) is 7.67. The van der Waals surface area contributed by atoms with E-state index in [0.29, 0.717) is 0 Å². The summed E-state index contributed by atoms with van der Waals surface area (Å²) in [6.07, 6.45) is 3.49. The Balaban J connectivity index is 2.15. The van der Waals surface area contributed by atoms with Crippen LogP contribution in [0.1, 0.15) is 0 Å². The minimum atomic E-state index is 0.256. The molecule has 0 radical (unpaired) electrons. The molecule has 0 unspecified atom stereocenters. The molecule has 0 aliphatic rings. The number of nitrogens with zero attached hydrogens (tertiary/aromatic N) is 2. The first-order valence-corrected chi connectivity index (χ1v) is 3.90. The molecule has 4 heteroatoms. The van der Waals surface area contributed by atoms with Crippen LogP contribution in [0.3, 0.4) is 0 Å². The Morgan fingerprint density at radius 3 is 2.62 bits per heavy atom. The molecule has 2 rings (SSSR count). The second kappa shape index (κ2) is 3.18. The SMILES string of the molecule is Oc1ccc(Nn2cccn2)cc1. The van der Waals surface area contributed by atoms with Crippen LogP contribution in [0, 0.1) is 0 Å². The van der Waals surface area contributed by atoms with E-state index in [1.54, 1.807) is 41.4 Å². The van der Waals surface area contributed by atoms with Gasteiger partial charge >= 0.3 is 0 Å². The predicted molar refractivity (Wildman–Crippen MR) is 49.4 cm³/mol. The van der Waals surface area contributed by atoms with E-state index in [1.807, 2.05) is 6.07 Å². The molecule has 0 fully saturated rings. The quantitative estimate of drug-likeness (QED) is 0.679. The van der Waals surface area contributed by atoms with Gasteiger partial charge in [0.2, 0.25) is 0 Å². The van der Waals surface area contributed by atoms with Crippen LogP contribution < -0.4 is 5.43 Å². The Bertz CT molecular complexity index is 366. The van der Waals surface area contributed by atoms with E-state index in [1.165, 1.54) is 0 Å². The fourth-order valence-corrected chi connectivity index (χ4v) is 1.00. The van der Waals surface area contributed by atoms with Gasteiger partial charge in [-0.15, -0.1) is 0 Å². The number of aromatic nitrogens is 2. The maximum atomic E-state index is 9.03. The lowest BCUT2D eigenvalue weighted by molar-refractivity contribution is 0.475. The second-order valence-corrected chi connectivity index (χ2v) is 2.61. The van der Waals surface area contributed by atoms with Crippen molar-refractivity contribution in [2.24, 2.45) is 0 Å². The van der Waals surface area contributed by atoms with E-state index in [0.717, 1.165) is 5.69 Å². The van der Waals surface area contributed by atoms with Gasteiger partial charge in [-0.1, -0.05) is 0 Å². The highest BCUT2D eigenvalue weighted by Gasteiger charge is 1.92. The zero-order valence-electron chi connectivity index (χ0n) is 6.88. The Kier molecular flexibility index (Phi) is 1.88. The third-order valence-electron chi connectivity index (χ3n) is 1.62. The molecule has 2 N–H and O–H groups in total. The number of phenols is 1. The highest BCUT2D eigenvalue weighted by molar-refractivity contribution is 5.45. The number of anilines is 1. The molecule has 4 nitrogen and oxygen atoms in total. The Labute approximate surface area is 75.4 Å². The summed E-state index contributed by atoms with van der Waals surface area (Å²) in [5, 5.41) is 13.0. The molecule has 13 heavy (non-hydrogen) atoms. The van der Waals surface area contributed by atoms with Gasteiger partial charge in [0, 0.05) is 6.20 Å². The number of nitrogens with one attached hydrogen (secondary N) is 1. The van der Waals surface area contributed by atoms with Crippen molar-refractivity contribution < 1.29 is 5.11 Å². The second-order valence-electron chi connectivity index (χ2n) is 2.61. The van der Waals surface area contributed by atoms with Crippen molar-refractivity contribution >= 4 is 5.69 Å². The Morgan fingerprint density at radius 2 is 2.00 bits per heavy atom. The molecule has 0 bridgehead atoms. The first-order valence-electron chi connectivity index (χ1n) is 3.90. The van der Waals surface area contributed by atoms with Gasteiger partial charge in [0.25, 0.3) is 0 Å². The summed E-state index contributed by atoms with van der Waals surface area (Å²) in [5.74, 6) is 0.256. The third-order valence-corrected chi connectivity index (χ3v) is 1.62. The number of phenolic OH excluding ortho intramolecular Hbond substituents is 1. The Morgan fingerprint density at radius 1 is 1.23 bits per heavy atom. The van der Waals surface area contributed by atoms with Gasteiger partial charge in [0.1, 0.15) is 5.75 Å². The number of hydrogen-bond donors (Lipinski definition) is 2. The van der Waals surface area contributed by atoms with Crippen molar-refractivity contribution in [1.82, 2.24) is 9.89 Å². The van der Waals surface area contributed by atoms with Gasteiger partial charge < -0.3 is 5.11 Å². The molecular formula is C9H9N3O. The highest BCUT2D eigenvalue weighted by Crippen LogP contribution is 2.13. The van der Waals surface area contributed by atoms with Crippen LogP contribution in [0.2, 0.25) is 0 Å². The molecule has 1 aromatic heterocycles. The van der Waals surface area contributed by atoms with E-state index in [-0.39, 0.29) is 5.75 Å². The molecule has 0 saturated heterocycles. The van der Waals surface area contributed by atoms with Crippen LogP contribution in [-0.4, -0.2) is 15.0 Å². The summed E-state index contributed by atoms with van der Waals surface area (Å²) in [7, 11) is 0. The minimum absolute atomic E-state index is 0.256. The molecule has 0 atom stereocenters. The van der Waals surface area contributed by atoms with E-state index in [2.05, 4.69) is 10.5 Å². The van der Waals surface area contributed by atoms with Gasteiger partial charge in [-0.25, -0.2) is 0 Å². The lowest BCUT2D eigenvalue weighted by atomic mass is 10.3. The molecule has 0 aliphatic carbocycles. The van der Waals surface area contributed by atoms with Crippen molar-refractivity contribution in [1.29, 1.82) is 0 Å². The van der Waals surface area contributed by atoms with Crippen LogP contribution >= 0.6 is 0 Å². The summed E-state index contributed by atoms with van der Waals surface area (Å²) in [6, 6.07) is 8.61. The fraction of sp³-hybridized carbons (Fsp3) is 0. The maximum absolute atomic E-state index is 9.03. The standard InChI is InChI=1S/C9H9N3O/c13-9-4-2-8(3-5-9)11-12-7-1-6-10-12/h1-7,11,13H. The van der Waals surface area contributed by atoms with Gasteiger partial charge in [-0.2, -0.15) is 9.89 Å². The van der Waals surface area contributed by atoms with Crippen LogP contribution in [0.25, 0.3) is 0 Å². The smallest absolute Gasteiger partial charge is 0.115 e. The van der Waals surface area contributed by atoms with Crippen molar-refractivity contribution in [3.8, 4) is 5.75 Å². The molecule has 0 aliphatic heterocycles. The summed E-state index contributed by atoms with van der Waals surface area (Å²) >= 11 is 0. The highest BCUT2D eigenvalue weighted by atomic mass is 16.3. The molecule has 66 valence electrons. The largest absolute Gasteiger partial charge is 0.508 e. The van der Waals surface area contributed by atoms with Crippen LogP contribution in [0.4, 0.5) is 5.69 Å². The maximum Gasteiger partial charge on any atom is 0.115 e. The molecule has 1 heterocycles. The van der Waals surface area contributed by atoms with Gasteiger partial charge in [0.15, 0.2) is 0 Å². The molecule has 2 aromatic rings. The lowest BCUT2D eigenvalue weighted by Crippen LogP contribution is -2.08. The van der Waals surface area contributed by atoms with Crippen molar-refractivity contribution in [3.63, 3.8) is 0 Å². The van der Waals surface area contributed by atoms with Crippen LogP contribution in [-0.2, 0) is 0 Å². The fourth-order valence-electron chi connectivity index (χ4n) is 1.00. The summed E-state index contributed by atoms with van der Waals surface area (Å²) in [5.41, 5.74) is 3.88. The predicted octanol–water partition coefficient (Wildman–Crippen LogP) is 1.46. The van der Waals surface area contributed by atoms with Crippen LogP contribution in [0.5, 0.6) is 5.75 Å². The van der Waals surface area contributed by atoms with Gasteiger partial charge in [-0.05, 0) is 30.3 Å². The average molecular weight is 175 g/mol. The lowest BCUT2D eigenvalue weighted by Gasteiger charge is -2.04. The number of hydrogen-bond acceptors (Lipinski definition) is 3.